The Balaban J connectivity index is 1.71. The lowest BCUT2D eigenvalue weighted by molar-refractivity contribution is -0.117. The monoisotopic (exact) mass is 404 g/mol. The molecule has 1 aliphatic heterocycles. The molecular weight excluding hydrogens is 378 g/mol. The summed E-state index contributed by atoms with van der Waals surface area (Å²) in [5.74, 6) is 0.0478. The van der Waals surface area contributed by atoms with Gasteiger partial charge in [0.15, 0.2) is 11.5 Å². The average Bonchev–Trinajstić information content (AvgIpc) is 2.71. The lowest BCUT2D eigenvalue weighted by Crippen LogP contribution is -2.46. The first-order valence-electron chi connectivity index (χ1n) is 9.61. The first kappa shape index (κ1) is 21.0. The summed E-state index contributed by atoms with van der Waals surface area (Å²) in [5.41, 5.74) is 0.836. The van der Waals surface area contributed by atoms with Gasteiger partial charge in [0, 0.05) is 49.9 Å². The summed E-state index contributed by atoms with van der Waals surface area (Å²) >= 11 is 0. The number of anilines is 1. The third kappa shape index (κ3) is 4.67. The Labute approximate surface area is 169 Å². The summed E-state index contributed by atoms with van der Waals surface area (Å²) < 4.78 is 38.5. The number of benzene rings is 2. The quantitative estimate of drug-likeness (QED) is 0.730. The van der Waals surface area contributed by atoms with Crippen LogP contribution in [0.15, 0.2) is 36.4 Å². The van der Waals surface area contributed by atoms with Crippen molar-refractivity contribution in [3.8, 4) is 11.5 Å². The van der Waals surface area contributed by atoms with Crippen LogP contribution in [-0.2, 0) is 11.3 Å². The maximum Gasteiger partial charge on any atom is 0.224 e. The van der Waals surface area contributed by atoms with Gasteiger partial charge in [-0.15, -0.1) is 0 Å². The van der Waals surface area contributed by atoms with Crippen LogP contribution in [0.1, 0.15) is 25.3 Å². The van der Waals surface area contributed by atoms with Crippen LogP contribution in [0.5, 0.6) is 11.5 Å². The predicted molar refractivity (Wildman–Crippen MR) is 107 cm³/mol. The number of methoxy groups -OCH3 is 2. The van der Waals surface area contributed by atoms with Crippen LogP contribution in [0.25, 0.3) is 0 Å². The molecule has 0 N–H and O–H groups in total. The van der Waals surface area contributed by atoms with Crippen LogP contribution in [-0.4, -0.2) is 44.2 Å². The van der Waals surface area contributed by atoms with Gasteiger partial charge in [0.1, 0.15) is 11.6 Å². The number of amides is 1. The number of piperidine rings is 1. The first-order chi connectivity index (χ1) is 13.9. The first-order valence-corrected chi connectivity index (χ1v) is 9.61. The van der Waals surface area contributed by atoms with E-state index in [9.17, 15) is 13.6 Å². The van der Waals surface area contributed by atoms with E-state index in [1.165, 1.54) is 25.1 Å². The molecule has 1 amide bonds. The zero-order valence-corrected chi connectivity index (χ0v) is 17.0. The topological polar surface area (TPSA) is 42.0 Å². The van der Waals surface area contributed by atoms with Crippen molar-refractivity contribution in [3.05, 3.63) is 53.6 Å². The molecule has 3 rings (SSSR count). The highest BCUT2D eigenvalue weighted by Crippen LogP contribution is 2.34. The van der Waals surface area contributed by atoms with Crippen LogP contribution >= 0.6 is 0 Å². The molecule has 0 aromatic heterocycles. The van der Waals surface area contributed by atoms with E-state index >= 15 is 0 Å². The smallest absolute Gasteiger partial charge is 0.224 e. The molecule has 2 aromatic carbocycles. The number of hydrogen-bond acceptors (Lipinski definition) is 4. The van der Waals surface area contributed by atoms with Crippen molar-refractivity contribution in [2.24, 2.45) is 0 Å². The molecule has 29 heavy (non-hydrogen) atoms. The lowest BCUT2D eigenvalue weighted by atomic mass is 10.0. The number of carbonyl (C=O) groups is 1. The molecule has 5 nitrogen and oxygen atoms in total. The molecule has 0 aliphatic carbocycles. The molecule has 0 saturated carbocycles. The molecule has 2 aromatic rings. The van der Waals surface area contributed by atoms with Gasteiger partial charge in [-0.05, 0) is 37.1 Å². The number of nitrogens with zero attached hydrogens (tertiary/aromatic N) is 2. The molecule has 1 aliphatic rings. The normalized spacial score (nSPS) is 15.2. The molecule has 0 atom stereocenters. The van der Waals surface area contributed by atoms with Crippen molar-refractivity contribution >= 4 is 11.6 Å². The van der Waals surface area contributed by atoms with Crippen LogP contribution in [0.4, 0.5) is 14.5 Å². The Hall–Kier alpha value is -2.67. The van der Waals surface area contributed by atoms with Gasteiger partial charge >= 0.3 is 0 Å². The molecular formula is C22H26F2N2O3. The molecule has 1 saturated heterocycles. The van der Waals surface area contributed by atoms with Gasteiger partial charge in [-0.25, -0.2) is 8.78 Å². The molecule has 0 spiro atoms. The highest BCUT2D eigenvalue weighted by molar-refractivity contribution is 5.92. The van der Waals surface area contributed by atoms with Gasteiger partial charge in [0.2, 0.25) is 5.91 Å². The fourth-order valence-corrected chi connectivity index (χ4v) is 3.87. The second-order valence-electron chi connectivity index (χ2n) is 7.14. The lowest BCUT2D eigenvalue weighted by Gasteiger charge is -2.38. The van der Waals surface area contributed by atoms with E-state index in [1.807, 2.05) is 11.0 Å². The second-order valence-corrected chi connectivity index (χ2v) is 7.14. The molecule has 7 heteroatoms. The average molecular weight is 404 g/mol. The largest absolute Gasteiger partial charge is 0.493 e. The summed E-state index contributed by atoms with van der Waals surface area (Å²) in [6.07, 6.45) is 1.42. The molecule has 0 radical (unpaired) electrons. The minimum Gasteiger partial charge on any atom is -0.493 e. The number of ether oxygens (including phenoxy) is 2. The van der Waals surface area contributed by atoms with Gasteiger partial charge < -0.3 is 14.4 Å². The zero-order chi connectivity index (χ0) is 21.0. The van der Waals surface area contributed by atoms with E-state index < -0.39 is 11.6 Å². The highest BCUT2D eigenvalue weighted by atomic mass is 19.1. The summed E-state index contributed by atoms with van der Waals surface area (Å²) in [7, 11) is 3.12. The van der Waals surface area contributed by atoms with Crippen molar-refractivity contribution < 1.29 is 23.0 Å². The third-order valence-electron chi connectivity index (χ3n) is 5.35. The van der Waals surface area contributed by atoms with Crippen LogP contribution in [0.3, 0.4) is 0 Å². The standard InChI is InChI=1S/C22H26F2N2O3/c1-15(27)26(17-7-8-21(28-2)22(13-17)29-3)16-9-11-25(12-10-16)14-18-19(23)5-4-6-20(18)24/h4-8,13,16H,9-12,14H2,1-3H3. The molecule has 1 fully saturated rings. The third-order valence-corrected chi connectivity index (χ3v) is 5.35. The Morgan fingerprint density at radius 3 is 2.24 bits per heavy atom. The summed E-state index contributed by atoms with van der Waals surface area (Å²) in [4.78, 5) is 16.2. The van der Waals surface area contributed by atoms with E-state index in [1.54, 1.807) is 31.3 Å². The van der Waals surface area contributed by atoms with Gasteiger partial charge in [-0.3, -0.25) is 9.69 Å². The Morgan fingerprint density at radius 1 is 1.07 bits per heavy atom. The Kier molecular flexibility index (Phi) is 6.69. The van der Waals surface area contributed by atoms with Crippen LogP contribution in [0, 0.1) is 11.6 Å². The number of likely N-dealkylation sites (tertiary alicyclic amines) is 1. The van der Waals surface area contributed by atoms with Crippen molar-refractivity contribution in [3.63, 3.8) is 0 Å². The van der Waals surface area contributed by atoms with E-state index in [-0.39, 0.29) is 24.1 Å². The molecule has 0 unspecified atom stereocenters. The van der Waals surface area contributed by atoms with Gasteiger partial charge in [-0.1, -0.05) is 6.07 Å². The van der Waals surface area contributed by atoms with Crippen molar-refractivity contribution in [2.45, 2.75) is 32.4 Å². The van der Waals surface area contributed by atoms with Crippen LogP contribution in [0.2, 0.25) is 0 Å². The second kappa shape index (κ2) is 9.22. The van der Waals surface area contributed by atoms with Crippen molar-refractivity contribution in [1.29, 1.82) is 0 Å². The predicted octanol–water partition coefficient (Wildman–Crippen LogP) is 4.00. The summed E-state index contributed by atoms with van der Waals surface area (Å²) in [6.45, 7) is 3.06. The minimum absolute atomic E-state index is 0.00678. The van der Waals surface area contributed by atoms with E-state index in [0.717, 1.165) is 5.69 Å². The van der Waals surface area contributed by atoms with Crippen molar-refractivity contribution in [1.82, 2.24) is 4.90 Å². The molecule has 156 valence electrons. The zero-order valence-electron chi connectivity index (χ0n) is 17.0. The number of rotatable bonds is 6. The van der Waals surface area contributed by atoms with Gasteiger partial charge in [-0.2, -0.15) is 0 Å². The molecule has 0 bridgehead atoms. The van der Waals surface area contributed by atoms with Gasteiger partial charge in [0.25, 0.3) is 0 Å². The summed E-state index contributed by atoms with van der Waals surface area (Å²) in [6, 6.07) is 9.34. The maximum atomic E-state index is 13.9. The van der Waals surface area contributed by atoms with Crippen LogP contribution < -0.4 is 14.4 Å². The Morgan fingerprint density at radius 2 is 1.69 bits per heavy atom. The highest BCUT2D eigenvalue weighted by Gasteiger charge is 2.28. The number of halogens is 2. The van der Waals surface area contributed by atoms with E-state index in [2.05, 4.69) is 0 Å². The molecule has 1 heterocycles. The van der Waals surface area contributed by atoms with E-state index in [4.69, 9.17) is 9.47 Å². The van der Waals surface area contributed by atoms with Crippen molar-refractivity contribution in [2.75, 3.05) is 32.2 Å². The SMILES string of the molecule is COc1ccc(N(C(C)=O)C2CCN(Cc3c(F)cccc3F)CC2)cc1OC. The Bertz CT molecular complexity index is 847. The number of carbonyl (C=O) groups excluding carboxylic acids is 1. The maximum absolute atomic E-state index is 13.9. The fraction of sp³-hybridized carbons (Fsp3) is 0.409. The van der Waals surface area contributed by atoms with E-state index in [0.29, 0.717) is 37.4 Å². The van der Waals surface area contributed by atoms with Gasteiger partial charge in [0.05, 0.1) is 14.2 Å². The minimum atomic E-state index is -0.525. The fourth-order valence-electron chi connectivity index (χ4n) is 3.87. The number of hydrogen-bond donors (Lipinski definition) is 0. The summed E-state index contributed by atoms with van der Waals surface area (Å²) in [5, 5.41) is 0.